The van der Waals surface area contributed by atoms with Gasteiger partial charge in [-0.2, -0.15) is 0 Å². The molecule has 1 aliphatic heterocycles. The highest BCUT2D eigenvalue weighted by Crippen LogP contribution is 2.48. The molecule has 6 heteroatoms. The zero-order valence-corrected chi connectivity index (χ0v) is 21.0. The second kappa shape index (κ2) is 9.53. The molecule has 36 heavy (non-hydrogen) atoms. The van der Waals surface area contributed by atoms with Gasteiger partial charge < -0.3 is 14.6 Å². The summed E-state index contributed by atoms with van der Waals surface area (Å²) in [4.78, 5) is 16.2. The number of carbonyl (C=O) groups is 1. The normalized spacial score (nSPS) is 19.4. The number of carbonyl (C=O) groups excluding carboxylic acids is 1. The molecule has 6 rings (SSSR count). The fraction of sp³-hybridized carbons (Fsp3) is 0.167. The van der Waals surface area contributed by atoms with Crippen LogP contribution in [0.4, 0.5) is 11.4 Å². The standard InChI is InChI=1S/C30H24Cl2N2O2/c31-22-11-7-19(8-12-22)18-34-26-5-2-1-4-24(26)33-25-16-21(28-6-3-15-36-28)17-27(35)29(25)30(34)20-9-13-23(32)14-10-20/h1-15,21,30,33H,16-18H2/t21-,30-/m1/s1. The molecule has 2 aliphatic rings. The molecule has 1 N–H and O–H groups in total. The van der Waals surface area contributed by atoms with E-state index in [9.17, 15) is 4.79 Å². The first-order chi connectivity index (χ1) is 17.6. The zero-order chi connectivity index (χ0) is 24.6. The number of halogens is 2. The van der Waals surface area contributed by atoms with Crippen LogP contribution in [-0.2, 0) is 11.3 Å². The van der Waals surface area contributed by atoms with Gasteiger partial charge in [0.25, 0.3) is 0 Å². The van der Waals surface area contributed by atoms with Crippen molar-refractivity contribution in [1.82, 2.24) is 0 Å². The van der Waals surface area contributed by atoms with E-state index >= 15 is 0 Å². The van der Waals surface area contributed by atoms with Crippen LogP contribution >= 0.6 is 23.2 Å². The van der Waals surface area contributed by atoms with Gasteiger partial charge in [-0.3, -0.25) is 4.79 Å². The minimum atomic E-state index is -0.283. The first kappa shape index (κ1) is 23.0. The number of allylic oxidation sites excluding steroid dienone is 1. The Hall–Kier alpha value is -3.47. The number of furan rings is 1. The molecule has 0 unspecified atom stereocenters. The monoisotopic (exact) mass is 514 g/mol. The van der Waals surface area contributed by atoms with Crippen molar-refractivity contribution in [2.75, 3.05) is 10.2 Å². The lowest BCUT2D eigenvalue weighted by atomic mass is 9.80. The third-order valence-corrected chi connectivity index (χ3v) is 7.49. The van der Waals surface area contributed by atoms with Crippen molar-refractivity contribution in [3.63, 3.8) is 0 Å². The van der Waals surface area contributed by atoms with Gasteiger partial charge in [0.2, 0.25) is 0 Å². The quantitative estimate of drug-likeness (QED) is 0.298. The Balaban J connectivity index is 1.53. The number of nitrogens with zero attached hydrogens (tertiary/aromatic N) is 1. The summed E-state index contributed by atoms with van der Waals surface area (Å²) in [5.41, 5.74) is 5.87. The van der Waals surface area contributed by atoms with E-state index in [4.69, 9.17) is 27.6 Å². The van der Waals surface area contributed by atoms with Crippen LogP contribution in [0.3, 0.4) is 0 Å². The van der Waals surface area contributed by atoms with Crippen molar-refractivity contribution in [3.8, 4) is 0 Å². The highest BCUT2D eigenvalue weighted by atomic mass is 35.5. The Bertz CT molecular complexity index is 1430. The van der Waals surface area contributed by atoms with E-state index in [1.165, 1.54) is 0 Å². The van der Waals surface area contributed by atoms with Crippen LogP contribution in [0, 0.1) is 0 Å². The SMILES string of the molecule is O=C1C[C@H](c2ccco2)CC2=C1[C@@H](c1ccc(Cl)cc1)N(Cc1ccc(Cl)cc1)c1ccccc1N2. The first-order valence-corrected chi connectivity index (χ1v) is 12.7. The third kappa shape index (κ3) is 4.32. The summed E-state index contributed by atoms with van der Waals surface area (Å²) in [5, 5.41) is 5.01. The van der Waals surface area contributed by atoms with Crippen molar-refractivity contribution in [2.24, 2.45) is 0 Å². The van der Waals surface area contributed by atoms with E-state index in [-0.39, 0.29) is 17.7 Å². The summed E-state index contributed by atoms with van der Waals surface area (Å²) in [5.74, 6) is 0.967. The van der Waals surface area contributed by atoms with Gasteiger partial charge in [-0.25, -0.2) is 0 Å². The van der Waals surface area contributed by atoms with Gasteiger partial charge in [0.15, 0.2) is 5.78 Å². The van der Waals surface area contributed by atoms with Crippen LogP contribution in [0.15, 0.2) is 107 Å². The summed E-state index contributed by atoms with van der Waals surface area (Å²) < 4.78 is 5.70. The molecule has 0 amide bonds. The van der Waals surface area contributed by atoms with Gasteiger partial charge in [0, 0.05) is 40.2 Å². The lowest BCUT2D eigenvalue weighted by Gasteiger charge is -2.36. The summed E-state index contributed by atoms with van der Waals surface area (Å²) in [6, 6.07) is 27.5. The largest absolute Gasteiger partial charge is 0.469 e. The number of benzene rings is 3. The Morgan fingerprint density at radius 2 is 1.58 bits per heavy atom. The fourth-order valence-corrected chi connectivity index (χ4v) is 5.59. The molecular weight excluding hydrogens is 491 g/mol. The minimum Gasteiger partial charge on any atom is -0.469 e. The maximum atomic E-state index is 13.9. The molecular formula is C30H24Cl2N2O2. The van der Waals surface area contributed by atoms with Crippen LogP contribution in [0.1, 0.15) is 41.7 Å². The van der Waals surface area contributed by atoms with Crippen LogP contribution in [0.25, 0.3) is 0 Å². The summed E-state index contributed by atoms with van der Waals surface area (Å²) >= 11 is 12.4. The summed E-state index contributed by atoms with van der Waals surface area (Å²) in [6.45, 7) is 0.606. The Kier molecular flexibility index (Phi) is 6.08. The second-order valence-electron chi connectivity index (χ2n) is 9.29. The van der Waals surface area contributed by atoms with E-state index in [1.807, 2.05) is 72.8 Å². The number of hydrogen-bond donors (Lipinski definition) is 1. The van der Waals surface area contributed by atoms with Crippen molar-refractivity contribution in [3.05, 3.63) is 129 Å². The third-order valence-electron chi connectivity index (χ3n) is 6.99. The van der Waals surface area contributed by atoms with Crippen LogP contribution in [0.5, 0.6) is 0 Å². The van der Waals surface area contributed by atoms with Crippen LogP contribution in [-0.4, -0.2) is 5.78 Å². The van der Waals surface area contributed by atoms with E-state index in [0.29, 0.717) is 29.4 Å². The van der Waals surface area contributed by atoms with Crippen LogP contribution in [0.2, 0.25) is 10.0 Å². The first-order valence-electron chi connectivity index (χ1n) is 12.0. The summed E-state index contributed by atoms with van der Waals surface area (Å²) in [7, 11) is 0. The molecule has 0 saturated heterocycles. The molecule has 4 nitrogen and oxygen atoms in total. The molecule has 0 saturated carbocycles. The number of hydrogen-bond acceptors (Lipinski definition) is 4. The predicted molar refractivity (Wildman–Crippen MR) is 145 cm³/mol. The van der Waals surface area contributed by atoms with Crippen LogP contribution < -0.4 is 10.2 Å². The van der Waals surface area contributed by atoms with Gasteiger partial charge in [0.1, 0.15) is 5.76 Å². The predicted octanol–water partition coefficient (Wildman–Crippen LogP) is 8.16. The van der Waals surface area contributed by atoms with E-state index in [2.05, 4.69) is 22.3 Å². The van der Waals surface area contributed by atoms with Gasteiger partial charge in [0.05, 0.1) is 23.7 Å². The molecule has 4 aromatic rings. The molecule has 2 atom stereocenters. The molecule has 180 valence electrons. The number of fused-ring (bicyclic) bond motifs is 1. The Labute approximate surface area is 220 Å². The molecule has 0 fully saturated rings. The van der Waals surface area contributed by atoms with E-state index < -0.39 is 0 Å². The average Bonchev–Trinajstić information content (AvgIpc) is 3.38. The zero-order valence-electron chi connectivity index (χ0n) is 19.5. The lowest BCUT2D eigenvalue weighted by Crippen LogP contribution is -2.34. The number of rotatable bonds is 4. The number of Topliss-reactive ketones (excluding diaryl/α,β-unsaturated/α-hetero) is 1. The number of anilines is 2. The molecule has 0 spiro atoms. The van der Waals surface area contributed by atoms with Crippen molar-refractivity contribution in [1.29, 1.82) is 0 Å². The molecule has 1 aromatic heterocycles. The molecule has 2 heterocycles. The number of nitrogens with one attached hydrogen (secondary N) is 1. The topological polar surface area (TPSA) is 45.5 Å². The van der Waals surface area contributed by atoms with Crippen molar-refractivity contribution in [2.45, 2.75) is 31.3 Å². The highest BCUT2D eigenvalue weighted by molar-refractivity contribution is 6.30. The van der Waals surface area contributed by atoms with E-state index in [1.54, 1.807) is 6.26 Å². The van der Waals surface area contributed by atoms with Gasteiger partial charge in [-0.1, -0.05) is 59.6 Å². The van der Waals surface area contributed by atoms with Gasteiger partial charge in [-0.05, 0) is 66.1 Å². The molecule has 3 aromatic carbocycles. The van der Waals surface area contributed by atoms with Gasteiger partial charge in [-0.15, -0.1) is 0 Å². The van der Waals surface area contributed by atoms with Gasteiger partial charge >= 0.3 is 0 Å². The lowest BCUT2D eigenvalue weighted by molar-refractivity contribution is -0.116. The highest BCUT2D eigenvalue weighted by Gasteiger charge is 2.40. The second-order valence-corrected chi connectivity index (χ2v) is 10.2. The fourth-order valence-electron chi connectivity index (χ4n) is 5.33. The van der Waals surface area contributed by atoms with Crippen molar-refractivity contribution >= 4 is 40.4 Å². The average molecular weight is 515 g/mol. The minimum absolute atomic E-state index is 0.000375. The maximum Gasteiger partial charge on any atom is 0.163 e. The van der Waals surface area contributed by atoms with E-state index in [0.717, 1.165) is 39.5 Å². The molecule has 1 aliphatic carbocycles. The smallest absolute Gasteiger partial charge is 0.163 e. The number of ketones is 1. The molecule has 0 bridgehead atoms. The number of para-hydroxylation sites is 2. The Morgan fingerprint density at radius 1 is 0.861 bits per heavy atom. The molecule has 0 radical (unpaired) electrons. The van der Waals surface area contributed by atoms with Crippen molar-refractivity contribution < 1.29 is 9.21 Å². The Morgan fingerprint density at radius 3 is 2.31 bits per heavy atom. The summed E-state index contributed by atoms with van der Waals surface area (Å²) in [6.07, 6.45) is 2.77. The maximum absolute atomic E-state index is 13.9.